The van der Waals surface area contributed by atoms with Gasteiger partial charge in [0.2, 0.25) is 0 Å². The molecule has 1 heterocycles. The Labute approximate surface area is 82.8 Å². The summed E-state index contributed by atoms with van der Waals surface area (Å²) in [4.78, 5) is 6.01. The molecule has 0 aliphatic carbocycles. The first-order valence-electron chi connectivity index (χ1n) is 3.57. The molecule has 68 valence electrons. The molecule has 0 saturated carbocycles. The first-order chi connectivity index (χ1) is 5.34. The molecule has 0 radical (unpaired) electrons. The van der Waals surface area contributed by atoms with Crippen LogP contribution in [0.4, 0.5) is 5.82 Å². The Bertz CT molecular complexity index is 205. The van der Waals surface area contributed by atoms with Crippen LogP contribution in [-0.2, 0) is 0 Å². The van der Waals surface area contributed by atoms with Crippen molar-refractivity contribution in [2.75, 3.05) is 25.1 Å². The van der Waals surface area contributed by atoms with Gasteiger partial charge in [0.25, 0.3) is 0 Å². The highest BCUT2D eigenvalue weighted by Crippen LogP contribution is 2.04. The van der Waals surface area contributed by atoms with Crippen LogP contribution in [0, 0.1) is 0 Å². The van der Waals surface area contributed by atoms with Crippen molar-refractivity contribution in [1.29, 1.82) is 0 Å². The highest BCUT2D eigenvalue weighted by molar-refractivity contribution is 8.93. The number of rotatable bonds is 3. The summed E-state index contributed by atoms with van der Waals surface area (Å²) in [6.45, 7) is 0.782. The molecular weight excluding hydrogens is 220 g/mol. The third kappa shape index (κ3) is 3.19. The van der Waals surface area contributed by atoms with Gasteiger partial charge in [0, 0.05) is 19.8 Å². The molecule has 3 nitrogen and oxygen atoms in total. The van der Waals surface area contributed by atoms with E-state index >= 15 is 0 Å². The molecule has 1 aromatic rings. The van der Waals surface area contributed by atoms with E-state index < -0.39 is 0 Å². The van der Waals surface area contributed by atoms with Crippen molar-refractivity contribution in [2.45, 2.75) is 0 Å². The molecule has 0 aliphatic rings. The molecule has 0 aromatic carbocycles. The van der Waals surface area contributed by atoms with Gasteiger partial charge in [-0.25, -0.2) is 4.98 Å². The van der Waals surface area contributed by atoms with Crippen molar-refractivity contribution < 1.29 is 5.11 Å². The average molecular weight is 233 g/mol. The fraction of sp³-hybridized carbons (Fsp3) is 0.375. The number of nitrogens with zero attached hydrogens (tertiary/aromatic N) is 2. The number of halogens is 1. The summed E-state index contributed by atoms with van der Waals surface area (Å²) in [6.07, 6.45) is 1.74. The van der Waals surface area contributed by atoms with Crippen LogP contribution in [0.25, 0.3) is 0 Å². The van der Waals surface area contributed by atoms with Gasteiger partial charge in [-0.15, -0.1) is 17.0 Å². The standard InChI is InChI=1S/C8H12N2O.BrH/c1-10(6-7-11)8-4-2-3-5-9-8;/h2-5,11H,6-7H2,1H3;1H. The molecule has 1 N–H and O–H groups in total. The summed E-state index contributed by atoms with van der Waals surface area (Å²) in [7, 11) is 1.90. The van der Waals surface area contributed by atoms with Gasteiger partial charge in [-0.2, -0.15) is 0 Å². The molecule has 0 spiro atoms. The van der Waals surface area contributed by atoms with E-state index in [4.69, 9.17) is 5.11 Å². The summed E-state index contributed by atoms with van der Waals surface area (Å²) in [5, 5.41) is 8.63. The van der Waals surface area contributed by atoms with Crippen molar-refractivity contribution >= 4 is 22.8 Å². The SMILES string of the molecule is Br.CN(CCO)c1ccccn1. The van der Waals surface area contributed by atoms with Crippen molar-refractivity contribution in [2.24, 2.45) is 0 Å². The molecule has 12 heavy (non-hydrogen) atoms. The van der Waals surface area contributed by atoms with Gasteiger partial charge in [0.05, 0.1) is 6.61 Å². The number of hydrogen-bond donors (Lipinski definition) is 1. The van der Waals surface area contributed by atoms with Gasteiger partial charge in [-0.05, 0) is 12.1 Å². The van der Waals surface area contributed by atoms with Crippen LogP contribution in [0.2, 0.25) is 0 Å². The molecule has 1 aromatic heterocycles. The molecule has 4 heteroatoms. The second kappa shape index (κ2) is 5.97. The molecular formula is C8H13BrN2O. The predicted octanol–water partition coefficient (Wildman–Crippen LogP) is 1.09. The first-order valence-corrected chi connectivity index (χ1v) is 3.57. The van der Waals surface area contributed by atoms with Gasteiger partial charge in [0.1, 0.15) is 5.82 Å². The second-order valence-corrected chi connectivity index (χ2v) is 2.33. The second-order valence-electron chi connectivity index (χ2n) is 2.33. The third-order valence-electron chi connectivity index (χ3n) is 1.48. The minimum atomic E-state index is 0. The first kappa shape index (κ1) is 11.4. The van der Waals surface area contributed by atoms with Crippen LogP contribution in [0.1, 0.15) is 0 Å². The number of pyridine rings is 1. The Morgan fingerprint density at radius 3 is 2.75 bits per heavy atom. The topological polar surface area (TPSA) is 36.4 Å². The minimum Gasteiger partial charge on any atom is -0.395 e. The maximum atomic E-state index is 8.63. The van der Waals surface area contributed by atoms with Crippen LogP contribution in [-0.4, -0.2) is 30.3 Å². The summed E-state index contributed by atoms with van der Waals surface area (Å²) >= 11 is 0. The van der Waals surface area contributed by atoms with Crippen LogP contribution < -0.4 is 4.90 Å². The van der Waals surface area contributed by atoms with E-state index in [1.165, 1.54) is 0 Å². The van der Waals surface area contributed by atoms with Crippen molar-refractivity contribution in [1.82, 2.24) is 4.98 Å². The van der Waals surface area contributed by atoms with Crippen LogP contribution in [0.3, 0.4) is 0 Å². The zero-order valence-electron chi connectivity index (χ0n) is 6.97. The summed E-state index contributed by atoms with van der Waals surface area (Å²) in [5.41, 5.74) is 0. The predicted molar refractivity (Wildman–Crippen MR) is 54.9 cm³/mol. The molecule has 0 atom stereocenters. The minimum absolute atomic E-state index is 0. The zero-order valence-corrected chi connectivity index (χ0v) is 8.69. The quantitative estimate of drug-likeness (QED) is 0.848. The van der Waals surface area contributed by atoms with E-state index in [2.05, 4.69) is 4.98 Å². The summed E-state index contributed by atoms with van der Waals surface area (Å²) < 4.78 is 0. The van der Waals surface area contributed by atoms with Crippen LogP contribution in [0.15, 0.2) is 24.4 Å². The third-order valence-corrected chi connectivity index (χ3v) is 1.48. The van der Waals surface area contributed by atoms with Crippen molar-refractivity contribution in [3.63, 3.8) is 0 Å². The maximum Gasteiger partial charge on any atom is 0.128 e. The molecule has 0 bridgehead atoms. The van der Waals surface area contributed by atoms with Gasteiger partial charge in [0.15, 0.2) is 0 Å². The Hall–Kier alpha value is -0.610. The number of hydrogen-bond acceptors (Lipinski definition) is 3. The lowest BCUT2D eigenvalue weighted by atomic mass is 10.4. The number of likely N-dealkylation sites (N-methyl/N-ethyl adjacent to an activating group) is 1. The zero-order chi connectivity index (χ0) is 8.10. The number of anilines is 1. The van der Waals surface area contributed by atoms with E-state index in [0.717, 1.165) is 5.82 Å². The summed E-state index contributed by atoms with van der Waals surface area (Å²) in [5.74, 6) is 0.890. The number of aromatic nitrogens is 1. The fourth-order valence-corrected chi connectivity index (χ4v) is 0.844. The monoisotopic (exact) mass is 232 g/mol. The average Bonchev–Trinajstić information content (AvgIpc) is 2.07. The fourth-order valence-electron chi connectivity index (χ4n) is 0.844. The highest BCUT2D eigenvalue weighted by Gasteiger charge is 1.97. The Kier molecular flexibility index (Phi) is 5.66. The highest BCUT2D eigenvalue weighted by atomic mass is 79.9. The molecule has 0 amide bonds. The van der Waals surface area contributed by atoms with Crippen LogP contribution >= 0.6 is 17.0 Å². The lowest BCUT2D eigenvalue weighted by molar-refractivity contribution is 0.304. The largest absolute Gasteiger partial charge is 0.395 e. The van der Waals surface area contributed by atoms with E-state index in [0.29, 0.717) is 6.54 Å². The van der Waals surface area contributed by atoms with Crippen molar-refractivity contribution in [3.05, 3.63) is 24.4 Å². The molecule has 0 fully saturated rings. The normalized spacial score (nSPS) is 8.83. The van der Waals surface area contributed by atoms with Crippen molar-refractivity contribution in [3.8, 4) is 0 Å². The maximum absolute atomic E-state index is 8.63. The van der Waals surface area contributed by atoms with Gasteiger partial charge < -0.3 is 10.0 Å². The Morgan fingerprint density at radius 2 is 2.25 bits per heavy atom. The summed E-state index contributed by atoms with van der Waals surface area (Å²) in [6, 6.07) is 5.71. The molecule has 0 saturated heterocycles. The Balaban J connectivity index is 0.00000121. The number of aliphatic hydroxyl groups excluding tert-OH is 1. The van der Waals surface area contributed by atoms with E-state index in [1.54, 1.807) is 6.20 Å². The van der Waals surface area contributed by atoms with E-state index in [1.807, 2.05) is 30.1 Å². The lowest BCUT2D eigenvalue weighted by Gasteiger charge is -2.15. The van der Waals surface area contributed by atoms with E-state index in [9.17, 15) is 0 Å². The smallest absolute Gasteiger partial charge is 0.128 e. The van der Waals surface area contributed by atoms with E-state index in [-0.39, 0.29) is 23.6 Å². The van der Waals surface area contributed by atoms with Crippen LogP contribution in [0.5, 0.6) is 0 Å². The number of aliphatic hydroxyl groups is 1. The lowest BCUT2D eigenvalue weighted by Crippen LogP contribution is -2.21. The Morgan fingerprint density at radius 1 is 1.50 bits per heavy atom. The molecule has 0 unspecified atom stereocenters. The van der Waals surface area contributed by atoms with Gasteiger partial charge in [-0.1, -0.05) is 6.07 Å². The van der Waals surface area contributed by atoms with Gasteiger partial charge >= 0.3 is 0 Å². The molecule has 0 aliphatic heterocycles. The molecule has 1 rings (SSSR count). The van der Waals surface area contributed by atoms with Gasteiger partial charge in [-0.3, -0.25) is 0 Å².